The van der Waals surface area contributed by atoms with E-state index in [0.29, 0.717) is 0 Å². The standard InChI is InChI=1S/C10H11N3S/c1-14-10-12-6-7-13(10)9-5-3-2-4-8(9)11/h2-7H,11H2,1H3. The number of hydrogen-bond acceptors (Lipinski definition) is 3. The molecule has 72 valence electrons. The van der Waals surface area contributed by atoms with Gasteiger partial charge in [-0.05, 0) is 18.4 Å². The van der Waals surface area contributed by atoms with Crippen LogP contribution in [0.15, 0.2) is 41.8 Å². The van der Waals surface area contributed by atoms with Crippen LogP contribution in [0.3, 0.4) is 0 Å². The Morgan fingerprint density at radius 1 is 1.36 bits per heavy atom. The van der Waals surface area contributed by atoms with Crippen molar-refractivity contribution in [1.82, 2.24) is 9.55 Å². The fourth-order valence-corrected chi connectivity index (χ4v) is 1.85. The number of imidazole rings is 1. The van der Waals surface area contributed by atoms with Crippen molar-refractivity contribution in [2.75, 3.05) is 12.0 Å². The van der Waals surface area contributed by atoms with E-state index in [1.54, 1.807) is 18.0 Å². The molecule has 0 saturated carbocycles. The summed E-state index contributed by atoms with van der Waals surface area (Å²) in [6.07, 6.45) is 5.69. The predicted molar refractivity (Wildman–Crippen MR) is 59.8 cm³/mol. The summed E-state index contributed by atoms with van der Waals surface area (Å²) in [4.78, 5) is 4.22. The lowest BCUT2D eigenvalue weighted by molar-refractivity contribution is 0.900. The van der Waals surface area contributed by atoms with Crippen LogP contribution >= 0.6 is 11.8 Å². The van der Waals surface area contributed by atoms with E-state index in [-0.39, 0.29) is 0 Å². The van der Waals surface area contributed by atoms with Crippen molar-refractivity contribution in [2.24, 2.45) is 0 Å². The molecule has 2 aromatic rings. The normalized spacial score (nSPS) is 10.4. The number of nitrogens with two attached hydrogens (primary N) is 1. The van der Waals surface area contributed by atoms with Gasteiger partial charge in [-0.25, -0.2) is 4.98 Å². The minimum absolute atomic E-state index is 0.765. The number of nitrogen functional groups attached to an aromatic ring is 1. The Kier molecular flexibility index (Phi) is 2.45. The van der Waals surface area contributed by atoms with Gasteiger partial charge in [0, 0.05) is 12.4 Å². The fourth-order valence-electron chi connectivity index (χ4n) is 1.33. The van der Waals surface area contributed by atoms with Crippen LogP contribution < -0.4 is 5.73 Å². The molecule has 4 heteroatoms. The molecule has 2 rings (SSSR count). The summed E-state index contributed by atoms with van der Waals surface area (Å²) in [6, 6.07) is 7.76. The SMILES string of the molecule is CSc1nccn1-c1ccccc1N. The lowest BCUT2D eigenvalue weighted by Crippen LogP contribution is -1.99. The maximum absolute atomic E-state index is 5.88. The average Bonchev–Trinajstić information content (AvgIpc) is 2.66. The van der Waals surface area contributed by atoms with E-state index in [0.717, 1.165) is 16.5 Å². The number of anilines is 1. The highest BCUT2D eigenvalue weighted by Gasteiger charge is 2.05. The van der Waals surface area contributed by atoms with Gasteiger partial charge < -0.3 is 5.73 Å². The molecule has 0 amide bonds. The zero-order chi connectivity index (χ0) is 9.97. The largest absolute Gasteiger partial charge is 0.397 e. The third-order valence-electron chi connectivity index (χ3n) is 1.99. The fraction of sp³-hybridized carbons (Fsp3) is 0.100. The number of aromatic nitrogens is 2. The maximum atomic E-state index is 5.88. The monoisotopic (exact) mass is 205 g/mol. The van der Waals surface area contributed by atoms with Gasteiger partial charge in [-0.15, -0.1) is 0 Å². The molecule has 14 heavy (non-hydrogen) atoms. The first-order valence-corrected chi connectivity index (χ1v) is 5.47. The second-order valence-corrected chi connectivity index (χ2v) is 3.62. The van der Waals surface area contributed by atoms with Crippen molar-refractivity contribution in [3.05, 3.63) is 36.7 Å². The molecular weight excluding hydrogens is 194 g/mol. The van der Waals surface area contributed by atoms with Gasteiger partial charge in [-0.3, -0.25) is 4.57 Å². The topological polar surface area (TPSA) is 43.8 Å². The molecular formula is C10H11N3S. The van der Waals surface area contributed by atoms with Crippen molar-refractivity contribution >= 4 is 17.4 Å². The van der Waals surface area contributed by atoms with E-state index in [4.69, 9.17) is 5.73 Å². The van der Waals surface area contributed by atoms with Crippen molar-refractivity contribution < 1.29 is 0 Å². The molecule has 3 nitrogen and oxygen atoms in total. The Bertz CT molecular complexity index is 436. The first kappa shape index (κ1) is 9.15. The summed E-state index contributed by atoms with van der Waals surface area (Å²) < 4.78 is 1.99. The molecule has 0 radical (unpaired) electrons. The van der Waals surface area contributed by atoms with Gasteiger partial charge in [0.1, 0.15) is 0 Å². The molecule has 0 bridgehead atoms. The van der Waals surface area contributed by atoms with Gasteiger partial charge in [-0.1, -0.05) is 23.9 Å². The van der Waals surface area contributed by atoms with E-state index in [1.165, 1.54) is 0 Å². The summed E-state index contributed by atoms with van der Waals surface area (Å²) >= 11 is 1.60. The molecule has 0 aliphatic heterocycles. The number of para-hydroxylation sites is 2. The molecule has 0 spiro atoms. The van der Waals surface area contributed by atoms with Crippen LogP contribution in [0.2, 0.25) is 0 Å². The summed E-state index contributed by atoms with van der Waals surface area (Å²) in [5.41, 5.74) is 7.62. The Hall–Kier alpha value is -1.42. The van der Waals surface area contributed by atoms with Crippen LogP contribution in [0.25, 0.3) is 5.69 Å². The molecule has 0 atom stereocenters. The molecule has 1 aromatic heterocycles. The third-order valence-corrected chi connectivity index (χ3v) is 2.65. The lowest BCUT2D eigenvalue weighted by atomic mass is 10.3. The number of rotatable bonds is 2. The van der Waals surface area contributed by atoms with E-state index >= 15 is 0 Å². The first-order chi connectivity index (χ1) is 6.83. The minimum atomic E-state index is 0.765. The van der Waals surface area contributed by atoms with E-state index in [2.05, 4.69) is 4.98 Å². The van der Waals surface area contributed by atoms with Crippen LogP contribution in [-0.2, 0) is 0 Å². The number of hydrogen-bond donors (Lipinski definition) is 1. The summed E-state index contributed by atoms with van der Waals surface area (Å²) in [5.74, 6) is 0. The van der Waals surface area contributed by atoms with Crippen molar-refractivity contribution in [3.8, 4) is 5.69 Å². The van der Waals surface area contributed by atoms with E-state index in [9.17, 15) is 0 Å². The summed E-state index contributed by atoms with van der Waals surface area (Å²) in [6.45, 7) is 0. The third kappa shape index (κ3) is 1.48. The van der Waals surface area contributed by atoms with Crippen molar-refractivity contribution in [2.45, 2.75) is 5.16 Å². The summed E-state index contributed by atoms with van der Waals surface area (Å²) in [7, 11) is 0. The van der Waals surface area contributed by atoms with Crippen LogP contribution in [0.4, 0.5) is 5.69 Å². The molecule has 1 heterocycles. The smallest absolute Gasteiger partial charge is 0.172 e. The Balaban J connectivity index is 2.54. The Labute approximate surface area is 87.0 Å². The number of thioether (sulfide) groups is 1. The maximum Gasteiger partial charge on any atom is 0.172 e. The van der Waals surface area contributed by atoms with Crippen LogP contribution in [0.5, 0.6) is 0 Å². The number of nitrogens with zero attached hydrogens (tertiary/aromatic N) is 2. The predicted octanol–water partition coefficient (Wildman–Crippen LogP) is 2.18. The van der Waals surface area contributed by atoms with Gasteiger partial charge in [0.2, 0.25) is 0 Å². The first-order valence-electron chi connectivity index (χ1n) is 4.25. The lowest BCUT2D eigenvalue weighted by Gasteiger charge is -2.08. The highest BCUT2D eigenvalue weighted by Crippen LogP contribution is 2.22. The van der Waals surface area contributed by atoms with Gasteiger partial charge in [0.25, 0.3) is 0 Å². The second-order valence-electron chi connectivity index (χ2n) is 2.84. The highest BCUT2D eigenvalue weighted by molar-refractivity contribution is 7.98. The number of benzene rings is 1. The average molecular weight is 205 g/mol. The molecule has 0 unspecified atom stereocenters. The highest BCUT2D eigenvalue weighted by atomic mass is 32.2. The van der Waals surface area contributed by atoms with Crippen LogP contribution in [0, 0.1) is 0 Å². The quantitative estimate of drug-likeness (QED) is 0.603. The van der Waals surface area contributed by atoms with Crippen LogP contribution in [0.1, 0.15) is 0 Å². The zero-order valence-electron chi connectivity index (χ0n) is 7.84. The molecule has 0 aliphatic carbocycles. The van der Waals surface area contributed by atoms with Crippen molar-refractivity contribution in [1.29, 1.82) is 0 Å². The van der Waals surface area contributed by atoms with Crippen LogP contribution in [-0.4, -0.2) is 15.8 Å². The van der Waals surface area contributed by atoms with Gasteiger partial charge in [0.05, 0.1) is 11.4 Å². The van der Waals surface area contributed by atoms with E-state index < -0.39 is 0 Å². The van der Waals surface area contributed by atoms with E-state index in [1.807, 2.05) is 41.3 Å². The molecule has 0 fully saturated rings. The zero-order valence-corrected chi connectivity index (χ0v) is 8.66. The summed E-state index contributed by atoms with van der Waals surface area (Å²) in [5, 5.41) is 0.947. The molecule has 0 saturated heterocycles. The van der Waals surface area contributed by atoms with Gasteiger partial charge >= 0.3 is 0 Å². The molecule has 2 N–H and O–H groups in total. The van der Waals surface area contributed by atoms with Crippen molar-refractivity contribution in [3.63, 3.8) is 0 Å². The Morgan fingerprint density at radius 2 is 2.14 bits per heavy atom. The molecule has 1 aromatic carbocycles. The molecule has 0 aliphatic rings. The Morgan fingerprint density at radius 3 is 2.86 bits per heavy atom. The van der Waals surface area contributed by atoms with Gasteiger partial charge in [-0.2, -0.15) is 0 Å². The minimum Gasteiger partial charge on any atom is -0.397 e. The second kappa shape index (κ2) is 3.75. The van der Waals surface area contributed by atoms with Gasteiger partial charge in [0.15, 0.2) is 5.16 Å².